The molecule has 17 heavy (non-hydrogen) atoms. The Morgan fingerprint density at radius 2 is 1.94 bits per heavy atom. The van der Waals surface area contributed by atoms with Crippen molar-refractivity contribution in [2.45, 2.75) is 58.2 Å². The van der Waals surface area contributed by atoms with Gasteiger partial charge >= 0.3 is 0 Å². The SMILES string of the molecule is CCN(Cc1ccc(CN)o1)C1CCCCC1. The van der Waals surface area contributed by atoms with E-state index in [1.807, 2.05) is 6.07 Å². The Bertz CT molecular complexity index is 329. The molecule has 0 aliphatic heterocycles. The molecule has 0 spiro atoms. The second-order valence-electron chi connectivity index (χ2n) is 4.93. The van der Waals surface area contributed by atoms with Gasteiger partial charge in [-0.1, -0.05) is 26.2 Å². The van der Waals surface area contributed by atoms with Crippen molar-refractivity contribution in [1.82, 2.24) is 4.90 Å². The first-order chi connectivity index (χ1) is 8.33. The van der Waals surface area contributed by atoms with Gasteiger partial charge in [-0.15, -0.1) is 0 Å². The standard InChI is InChI=1S/C14H24N2O/c1-2-16(12-6-4-3-5-7-12)11-14-9-8-13(10-15)17-14/h8-9,12H,2-7,10-11,15H2,1H3. The van der Waals surface area contributed by atoms with Crippen LogP contribution in [-0.2, 0) is 13.1 Å². The van der Waals surface area contributed by atoms with Gasteiger partial charge in [-0.25, -0.2) is 0 Å². The fraction of sp³-hybridized carbons (Fsp3) is 0.714. The lowest BCUT2D eigenvalue weighted by atomic mass is 9.94. The van der Waals surface area contributed by atoms with Gasteiger partial charge in [0.2, 0.25) is 0 Å². The Balaban J connectivity index is 1.93. The Hall–Kier alpha value is -0.800. The van der Waals surface area contributed by atoms with Gasteiger partial charge in [0.1, 0.15) is 11.5 Å². The molecule has 0 saturated heterocycles. The summed E-state index contributed by atoms with van der Waals surface area (Å²) in [4.78, 5) is 2.54. The average Bonchev–Trinajstić information content (AvgIpc) is 2.84. The lowest BCUT2D eigenvalue weighted by Gasteiger charge is -2.32. The van der Waals surface area contributed by atoms with Crippen molar-refractivity contribution >= 4 is 0 Å². The molecule has 1 aliphatic rings. The van der Waals surface area contributed by atoms with Crippen molar-refractivity contribution in [2.24, 2.45) is 5.73 Å². The number of hydrogen-bond donors (Lipinski definition) is 1. The molecule has 1 aliphatic carbocycles. The highest BCUT2D eigenvalue weighted by Crippen LogP contribution is 2.24. The number of nitrogens with zero attached hydrogens (tertiary/aromatic N) is 1. The average molecular weight is 236 g/mol. The van der Waals surface area contributed by atoms with E-state index in [0.717, 1.165) is 30.7 Å². The van der Waals surface area contributed by atoms with Crippen molar-refractivity contribution in [2.75, 3.05) is 6.54 Å². The van der Waals surface area contributed by atoms with Crippen LogP contribution >= 0.6 is 0 Å². The lowest BCUT2D eigenvalue weighted by molar-refractivity contribution is 0.145. The summed E-state index contributed by atoms with van der Waals surface area (Å²) in [5, 5.41) is 0. The van der Waals surface area contributed by atoms with Crippen LogP contribution in [0.2, 0.25) is 0 Å². The van der Waals surface area contributed by atoms with Crippen LogP contribution in [-0.4, -0.2) is 17.5 Å². The number of rotatable bonds is 5. The van der Waals surface area contributed by atoms with Crippen LogP contribution in [0.25, 0.3) is 0 Å². The van der Waals surface area contributed by atoms with Gasteiger partial charge in [0.25, 0.3) is 0 Å². The quantitative estimate of drug-likeness (QED) is 0.854. The Morgan fingerprint density at radius 3 is 2.53 bits per heavy atom. The van der Waals surface area contributed by atoms with E-state index in [0.29, 0.717) is 6.54 Å². The summed E-state index contributed by atoms with van der Waals surface area (Å²) >= 11 is 0. The van der Waals surface area contributed by atoms with E-state index in [4.69, 9.17) is 10.2 Å². The predicted octanol–water partition coefficient (Wildman–Crippen LogP) is 2.89. The second-order valence-corrected chi connectivity index (χ2v) is 4.93. The van der Waals surface area contributed by atoms with Crippen LogP contribution in [0.3, 0.4) is 0 Å². The van der Waals surface area contributed by atoms with Gasteiger partial charge in [-0.05, 0) is 31.5 Å². The molecule has 1 fully saturated rings. The molecule has 2 N–H and O–H groups in total. The normalized spacial score (nSPS) is 17.8. The molecule has 0 atom stereocenters. The predicted molar refractivity (Wildman–Crippen MR) is 69.6 cm³/mol. The molecule has 96 valence electrons. The second kappa shape index (κ2) is 6.22. The van der Waals surface area contributed by atoms with Gasteiger partial charge in [-0.3, -0.25) is 4.90 Å². The molecule has 1 aromatic heterocycles. The molecule has 2 rings (SSSR count). The van der Waals surface area contributed by atoms with Gasteiger partial charge < -0.3 is 10.2 Å². The molecule has 0 bridgehead atoms. The van der Waals surface area contributed by atoms with E-state index in [-0.39, 0.29) is 0 Å². The zero-order chi connectivity index (χ0) is 12.1. The largest absolute Gasteiger partial charge is 0.463 e. The van der Waals surface area contributed by atoms with Crippen molar-refractivity contribution in [1.29, 1.82) is 0 Å². The maximum Gasteiger partial charge on any atom is 0.118 e. The molecule has 1 heterocycles. The molecular formula is C14H24N2O. The molecule has 0 unspecified atom stereocenters. The molecule has 0 aromatic carbocycles. The molecule has 1 saturated carbocycles. The van der Waals surface area contributed by atoms with E-state index in [1.165, 1.54) is 32.1 Å². The van der Waals surface area contributed by atoms with Crippen LogP contribution in [0.15, 0.2) is 16.5 Å². The summed E-state index contributed by atoms with van der Waals surface area (Å²) in [6, 6.07) is 4.80. The number of furan rings is 1. The van der Waals surface area contributed by atoms with E-state index >= 15 is 0 Å². The summed E-state index contributed by atoms with van der Waals surface area (Å²) in [5.74, 6) is 1.94. The minimum absolute atomic E-state index is 0.496. The highest BCUT2D eigenvalue weighted by molar-refractivity contribution is 5.07. The summed E-state index contributed by atoms with van der Waals surface area (Å²) < 4.78 is 5.69. The molecule has 0 amide bonds. The van der Waals surface area contributed by atoms with Crippen molar-refractivity contribution in [3.8, 4) is 0 Å². The third kappa shape index (κ3) is 3.33. The Labute approximate surface area is 104 Å². The molecular weight excluding hydrogens is 212 g/mol. The van der Waals surface area contributed by atoms with E-state index in [9.17, 15) is 0 Å². The third-order valence-corrected chi connectivity index (χ3v) is 3.77. The number of hydrogen-bond acceptors (Lipinski definition) is 3. The summed E-state index contributed by atoms with van der Waals surface area (Å²) in [5.41, 5.74) is 5.56. The van der Waals surface area contributed by atoms with Crippen molar-refractivity contribution in [3.05, 3.63) is 23.7 Å². The molecule has 1 aromatic rings. The van der Waals surface area contributed by atoms with Gasteiger partial charge in [0.15, 0.2) is 0 Å². The van der Waals surface area contributed by atoms with E-state index in [2.05, 4.69) is 17.9 Å². The monoisotopic (exact) mass is 236 g/mol. The van der Waals surface area contributed by atoms with Crippen LogP contribution < -0.4 is 5.73 Å². The zero-order valence-electron chi connectivity index (χ0n) is 10.8. The molecule has 3 heteroatoms. The summed E-state index contributed by atoms with van der Waals surface area (Å²) in [6.07, 6.45) is 6.86. The van der Waals surface area contributed by atoms with Crippen LogP contribution in [0.1, 0.15) is 50.5 Å². The van der Waals surface area contributed by atoms with E-state index in [1.54, 1.807) is 0 Å². The van der Waals surface area contributed by atoms with Crippen LogP contribution in [0.4, 0.5) is 0 Å². The van der Waals surface area contributed by atoms with Crippen molar-refractivity contribution < 1.29 is 4.42 Å². The zero-order valence-corrected chi connectivity index (χ0v) is 10.8. The van der Waals surface area contributed by atoms with Crippen LogP contribution in [0, 0.1) is 0 Å². The highest BCUT2D eigenvalue weighted by atomic mass is 16.3. The lowest BCUT2D eigenvalue weighted by Crippen LogP contribution is -2.35. The Kier molecular flexibility index (Phi) is 4.63. The minimum Gasteiger partial charge on any atom is -0.463 e. The minimum atomic E-state index is 0.496. The third-order valence-electron chi connectivity index (χ3n) is 3.77. The first-order valence-electron chi connectivity index (χ1n) is 6.85. The first-order valence-corrected chi connectivity index (χ1v) is 6.85. The van der Waals surface area contributed by atoms with E-state index < -0.39 is 0 Å². The van der Waals surface area contributed by atoms with Gasteiger partial charge in [0.05, 0.1) is 13.1 Å². The maximum atomic E-state index is 5.69. The van der Waals surface area contributed by atoms with Gasteiger partial charge in [0, 0.05) is 6.04 Å². The molecule has 3 nitrogen and oxygen atoms in total. The summed E-state index contributed by atoms with van der Waals surface area (Å²) in [7, 11) is 0. The highest BCUT2D eigenvalue weighted by Gasteiger charge is 2.20. The Morgan fingerprint density at radius 1 is 1.24 bits per heavy atom. The summed E-state index contributed by atoms with van der Waals surface area (Å²) in [6.45, 7) is 4.77. The van der Waals surface area contributed by atoms with Gasteiger partial charge in [-0.2, -0.15) is 0 Å². The van der Waals surface area contributed by atoms with Crippen LogP contribution in [0.5, 0.6) is 0 Å². The number of nitrogens with two attached hydrogens (primary N) is 1. The van der Waals surface area contributed by atoms with Crippen molar-refractivity contribution in [3.63, 3.8) is 0 Å². The fourth-order valence-electron chi connectivity index (χ4n) is 2.76. The smallest absolute Gasteiger partial charge is 0.118 e. The molecule has 0 radical (unpaired) electrons. The first kappa shape index (κ1) is 12.7. The topological polar surface area (TPSA) is 42.4 Å². The maximum absolute atomic E-state index is 5.69. The fourth-order valence-corrected chi connectivity index (χ4v) is 2.76.